The molecule has 1 amide bonds. The average molecular weight is 419 g/mol. The topological polar surface area (TPSA) is 25.2 Å². The van der Waals surface area contributed by atoms with Crippen LogP contribution in [0.15, 0.2) is 59.5 Å². The van der Waals surface area contributed by atoms with Crippen molar-refractivity contribution in [2.45, 2.75) is 27.7 Å². The van der Waals surface area contributed by atoms with E-state index in [2.05, 4.69) is 56.5 Å². The lowest BCUT2D eigenvalue weighted by molar-refractivity contribution is -0.113. The van der Waals surface area contributed by atoms with Gasteiger partial charge in [-0.2, -0.15) is 0 Å². The summed E-state index contributed by atoms with van der Waals surface area (Å²) in [4.78, 5) is 15.3. The highest BCUT2D eigenvalue weighted by molar-refractivity contribution is 8.27. The summed E-state index contributed by atoms with van der Waals surface area (Å²) in [5.74, 6) is -0.0666. The lowest BCUT2D eigenvalue weighted by atomic mass is 10.1. The Morgan fingerprint density at radius 2 is 1.59 bits per heavy atom. The Hall–Kier alpha value is -2.63. The Balaban J connectivity index is 1.75. The van der Waals surface area contributed by atoms with E-state index in [4.69, 9.17) is 12.2 Å². The van der Waals surface area contributed by atoms with Gasteiger partial charge in [0.05, 0.1) is 16.3 Å². The Bertz CT molecular complexity index is 1140. The van der Waals surface area contributed by atoms with Gasteiger partial charge in [-0.05, 0) is 68.7 Å². The third-order valence-corrected chi connectivity index (χ3v) is 6.53. The van der Waals surface area contributed by atoms with Crippen LogP contribution in [0.3, 0.4) is 0 Å². The molecular formula is C24H22N2OS2. The zero-order valence-corrected chi connectivity index (χ0v) is 18.5. The molecular weight excluding hydrogens is 396 g/mol. The second-order valence-electron chi connectivity index (χ2n) is 7.25. The molecule has 0 unspecified atom stereocenters. The minimum absolute atomic E-state index is 0.0666. The van der Waals surface area contributed by atoms with Crippen molar-refractivity contribution in [2.75, 3.05) is 4.90 Å². The molecule has 0 saturated carbocycles. The number of benzene rings is 2. The fourth-order valence-corrected chi connectivity index (χ4v) is 5.13. The van der Waals surface area contributed by atoms with Crippen LogP contribution in [0, 0.1) is 27.7 Å². The molecule has 2 aromatic carbocycles. The summed E-state index contributed by atoms with van der Waals surface area (Å²) in [6, 6.07) is 18.0. The fourth-order valence-electron chi connectivity index (χ4n) is 3.84. The number of aromatic nitrogens is 1. The van der Waals surface area contributed by atoms with Gasteiger partial charge in [0.1, 0.15) is 0 Å². The SMILES string of the molecule is Cc1cccc(C)c1-n1c(C)cc(/C=C2/SC(=S)N(c3ccccc3)C2=O)c1C. The number of para-hydroxylation sites is 2. The summed E-state index contributed by atoms with van der Waals surface area (Å²) >= 11 is 6.85. The van der Waals surface area contributed by atoms with Crippen LogP contribution in [0.1, 0.15) is 28.1 Å². The van der Waals surface area contributed by atoms with Crippen molar-refractivity contribution in [3.63, 3.8) is 0 Å². The van der Waals surface area contributed by atoms with Crippen molar-refractivity contribution in [1.29, 1.82) is 0 Å². The maximum atomic E-state index is 13.0. The molecule has 1 fully saturated rings. The van der Waals surface area contributed by atoms with Gasteiger partial charge in [-0.15, -0.1) is 0 Å². The van der Waals surface area contributed by atoms with Gasteiger partial charge in [0.25, 0.3) is 5.91 Å². The third kappa shape index (κ3) is 3.45. The summed E-state index contributed by atoms with van der Waals surface area (Å²) in [7, 11) is 0. The van der Waals surface area contributed by atoms with E-state index in [1.165, 1.54) is 28.6 Å². The Labute approximate surface area is 181 Å². The standard InChI is InChI=1S/C24H22N2OS2/c1-15-9-8-10-16(2)22(15)25-17(3)13-19(18(25)4)14-21-23(27)26(24(28)29-21)20-11-6-5-7-12-20/h5-14H,1-4H3/b21-14+. The highest BCUT2D eigenvalue weighted by Gasteiger charge is 2.33. The van der Waals surface area contributed by atoms with Crippen LogP contribution < -0.4 is 4.90 Å². The molecule has 0 spiro atoms. The zero-order valence-electron chi connectivity index (χ0n) is 16.9. The van der Waals surface area contributed by atoms with E-state index >= 15 is 0 Å². The summed E-state index contributed by atoms with van der Waals surface area (Å²) in [5.41, 5.74) is 7.77. The van der Waals surface area contributed by atoms with E-state index in [0.29, 0.717) is 9.23 Å². The zero-order chi connectivity index (χ0) is 20.7. The van der Waals surface area contributed by atoms with E-state index in [-0.39, 0.29) is 5.91 Å². The van der Waals surface area contributed by atoms with Crippen LogP contribution in [0.25, 0.3) is 11.8 Å². The number of thioether (sulfide) groups is 1. The molecule has 2 heterocycles. The molecule has 3 aromatic rings. The van der Waals surface area contributed by atoms with Crippen molar-refractivity contribution >= 4 is 46.0 Å². The summed E-state index contributed by atoms with van der Waals surface area (Å²) in [5, 5.41) is 0. The van der Waals surface area contributed by atoms with Gasteiger partial charge in [0.2, 0.25) is 0 Å². The maximum absolute atomic E-state index is 13.0. The van der Waals surface area contributed by atoms with Crippen molar-refractivity contribution < 1.29 is 4.79 Å². The molecule has 0 N–H and O–H groups in total. The minimum Gasteiger partial charge on any atom is -0.317 e. The predicted molar refractivity (Wildman–Crippen MR) is 127 cm³/mol. The number of nitrogens with zero attached hydrogens (tertiary/aromatic N) is 2. The van der Waals surface area contributed by atoms with Crippen LogP contribution in [-0.4, -0.2) is 14.8 Å². The lowest BCUT2D eigenvalue weighted by Gasteiger charge is -2.15. The van der Waals surface area contributed by atoms with Gasteiger partial charge in [-0.25, -0.2) is 0 Å². The van der Waals surface area contributed by atoms with Crippen LogP contribution in [0.2, 0.25) is 0 Å². The van der Waals surface area contributed by atoms with Gasteiger partial charge in [-0.3, -0.25) is 9.69 Å². The van der Waals surface area contributed by atoms with E-state index in [0.717, 1.165) is 22.6 Å². The van der Waals surface area contributed by atoms with E-state index in [1.807, 2.05) is 36.4 Å². The van der Waals surface area contributed by atoms with Gasteiger partial charge in [-0.1, -0.05) is 60.4 Å². The van der Waals surface area contributed by atoms with Crippen molar-refractivity contribution in [2.24, 2.45) is 0 Å². The number of amides is 1. The number of rotatable bonds is 3. The van der Waals surface area contributed by atoms with Gasteiger partial charge in [0.15, 0.2) is 4.32 Å². The van der Waals surface area contributed by atoms with Crippen LogP contribution >= 0.6 is 24.0 Å². The molecule has 1 saturated heterocycles. The largest absolute Gasteiger partial charge is 0.317 e. The summed E-state index contributed by atoms with van der Waals surface area (Å²) in [6.45, 7) is 8.46. The second-order valence-corrected chi connectivity index (χ2v) is 8.93. The van der Waals surface area contributed by atoms with E-state index in [1.54, 1.807) is 4.90 Å². The van der Waals surface area contributed by atoms with Crippen LogP contribution in [-0.2, 0) is 4.79 Å². The quantitative estimate of drug-likeness (QED) is 0.379. The molecule has 1 aliphatic rings. The first-order valence-corrected chi connectivity index (χ1v) is 10.7. The van der Waals surface area contributed by atoms with E-state index in [9.17, 15) is 4.79 Å². The van der Waals surface area contributed by atoms with Gasteiger partial charge < -0.3 is 4.57 Å². The number of thiocarbonyl (C=S) groups is 1. The highest BCUT2D eigenvalue weighted by atomic mass is 32.2. The minimum atomic E-state index is -0.0666. The molecule has 0 atom stereocenters. The highest BCUT2D eigenvalue weighted by Crippen LogP contribution is 2.37. The smallest absolute Gasteiger partial charge is 0.270 e. The first kappa shape index (κ1) is 19.7. The fraction of sp³-hybridized carbons (Fsp3) is 0.167. The first-order valence-electron chi connectivity index (χ1n) is 9.47. The second kappa shape index (κ2) is 7.65. The maximum Gasteiger partial charge on any atom is 0.270 e. The van der Waals surface area contributed by atoms with E-state index < -0.39 is 0 Å². The van der Waals surface area contributed by atoms with Gasteiger partial charge >= 0.3 is 0 Å². The number of carbonyl (C=O) groups excluding carboxylic acids is 1. The molecule has 4 rings (SSSR count). The van der Waals surface area contributed by atoms with Crippen LogP contribution in [0.5, 0.6) is 0 Å². The number of hydrogen-bond acceptors (Lipinski definition) is 3. The van der Waals surface area contributed by atoms with Crippen molar-refractivity contribution in [1.82, 2.24) is 4.57 Å². The van der Waals surface area contributed by atoms with Crippen molar-refractivity contribution in [3.8, 4) is 5.69 Å². The Kier molecular flexibility index (Phi) is 5.19. The molecule has 1 aromatic heterocycles. The molecule has 1 aliphatic heterocycles. The number of carbonyl (C=O) groups is 1. The number of hydrogen-bond donors (Lipinski definition) is 0. The number of aryl methyl sites for hydroxylation is 3. The molecule has 0 aliphatic carbocycles. The molecule has 5 heteroatoms. The Morgan fingerprint density at radius 3 is 2.24 bits per heavy atom. The molecule has 0 bridgehead atoms. The first-order chi connectivity index (χ1) is 13.9. The van der Waals surface area contributed by atoms with Crippen LogP contribution in [0.4, 0.5) is 5.69 Å². The summed E-state index contributed by atoms with van der Waals surface area (Å²) < 4.78 is 2.84. The average Bonchev–Trinajstić information content (AvgIpc) is 3.12. The monoisotopic (exact) mass is 418 g/mol. The molecule has 146 valence electrons. The third-order valence-electron chi connectivity index (χ3n) is 5.23. The molecule has 29 heavy (non-hydrogen) atoms. The normalized spacial score (nSPS) is 15.6. The van der Waals surface area contributed by atoms with Crippen molar-refractivity contribution in [3.05, 3.63) is 87.6 Å². The predicted octanol–water partition coefficient (Wildman–Crippen LogP) is 6.12. The Morgan fingerprint density at radius 1 is 0.931 bits per heavy atom. The lowest BCUT2D eigenvalue weighted by Crippen LogP contribution is -2.27. The molecule has 3 nitrogen and oxygen atoms in total. The molecule has 0 radical (unpaired) electrons. The number of anilines is 1. The summed E-state index contributed by atoms with van der Waals surface area (Å²) in [6.07, 6.45) is 1.97. The van der Waals surface area contributed by atoms with Gasteiger partial charge in [0, 0.05) is 11.4 Å².